The Morgan fingerprint density at radius 3 is 2.46 bits per heavy atom. The van der Waals surface area contributed by atoms with Gasteiger partial charge in [-0.25, -0.2) is 4.79 Å². The maximum absolute atomic E-state index is 12.4. The Balaban J connectivity index is 2.38. The van der Waals surface area contributed by atoms with Crippen LogP contribution in [0.25, 0.3) is 0 Å². The van der Waals surface area contributed by atoms with Crippen molar-refractivity contribution >= 4 is 29.4 Å². The Morgan fingerprint density at radius 2 is 1.86 bits per heavy atom. The zero-order valence-electron chi connectivity index (χ0n) is 15.8. The topological polar surface area (TPSA) is 120 Å². The first-order valence-corrected chi connectivity index (χ1v) is 9.54. The predicted octanol–water partition coefficient (Wildman–Crippen LogP) is 1.91. The Hall–Kier alpha value is -2.68. The number of nitroso groups, excluding NO2 is 1. The number of nitrogens with zero attached hydrogens (tertiary/aromatic N) is 2. The van der Waals surface area contributed by atoms with Crippen LogP contribution in [0.4, 0.5) is 4.79 Å². The smallest absolute Gasteiger partial charge is 0.340 e. The minimum absolute atomic E-state index is 0.0308. The number of unbranched alkanes of at least 4 members (excludes halogenated alkanes) is 1. The number of amides is 4. The Morgan fingerprint density at radius 1 is 1.14 bits per heavy atom. The summed E-state index contributed by atoms with van der Waals surface area (Å²) in [6.07, 6.45) is 1.59. The van der Waals surface area contributed by atoms with Crippen LogP contribution in [0, 0.1) is 4.91 Å². The molecule has 0 heterocycles. The van der Waals surface area contributed by atoms with Gasteiger partial charge in [0.25, 0.3) is 0 Å². The molecule has 9 nitrogen and oxygen atoms in total. The second-order valence-corrected chi connectivity index (χ2v) is 6.46. The summed E-state index contributed by atoms with van der Waals surface area (Å²) in [5, 5.41) is 11.3. The second kappa shape index (κ2) is 13.5. The molecule has 1 atom stereocenters. The van der Waals surface area contributed by atoms with Crippen LogP contribution < -0.4 is 16.0 Å². The molecule has 0 unspecified atom stereocenters. The zero-order chi connectivity index (χ0) is 20.8. The summed E-state index contributed by atoms with van der Waals surface area (Å²) in [5.41, 5.74) is 0.963. The van der Waals surface area contributed by atoms with E-state index in [1.807, 2.05) is 30.3 Å². The molecule has 1 aromatic carbocycles. The number of rotatable bonds is 12. The summed E-state index contributed by atoms with van der Waals surface area (Å²) in [7, 11) is 0. The minimum Gasteiger partial charge on any atom is -0.350 e. The summed E-state index contributed by atoms with van der Waals surface area (Å²) in [5.74, 6) is -0.446. The number of carbonyl (C=O) groups is 3. The van der Waals surface area contributed by atoms with Crippen molar-refractivity contribution in [3.63, 3.8) is 0 Å². The lowest BCUT2D eigenvalue weighted by atomic mass is 10.1. The normalized spacial score (nSPS) is 11.2. The van der Waals surface area contributed by atoms with Gasteiger partial charge in [-0.2, -0.15) is 5.01 Å². The average molecular weight is 412 g/mol. The summed E-state index contributed by atoms with van der Waals surface area (Å²) in [4.78, 5) is 45.9. The number of hydrogen-bond donors (Lipinski definition) is 3. The lowest BCUT2D eigenvalue weighted by Gasteiger charge is -2.18. The largest absolute Gasteiger partial charge is 0.350 e. The summed E-state index contributed by atoms with van der Waals surface area (Å²) in [6.45, 7) is 2.07. The van der Waals surface area contributed by atoms with Crippen molar-refractivity contribution in [2.24, 2.45) is 5.29 Å². The summed E-state index contributed by atoms with van der Waals surface area (Å²) >= 11 is 5.48. The highest BCUT2D eigenvalue weighted by molar-refractivity contribution is 6.18. The second-order valence-electron chi connectivity index (χ2n) is 6.08. The van der Waals surface area contributed by atoms with Gasteiger partial charge in [0.15, 0.2) is 0 Å². The van der Waals surface area contributed by atoms with E-state index in [1.54, 1.807) is 0 Å². The first kappa shape index (κ1) is 23.4. The number of nitrogens with one attached hydrogen (secondary N) is 3. The first-order valence-electron chi connectivity index (χ1n) is 9.01. The molecule has 3 N–H and O–H groups in total. The van der Waals surface area contributed by atoms with Gasteiger partial charge in [-0.05, 0) is 24.8 Å². The Labute approximate surface area is 169 Å². The zero-order valence-corrected chi connectivity index (χ0v) is 16.6. The van der Waals surface area contributed by atoms with Crippen molar-refractivity contribution < 1.29 is 14.4 Å². The quantitative estimate of drug-likeness (QED) is 0.210. The number of carbonyl (C=O) groups excluding carboxylic acids is 3. The van der Waals surface area contributed by atoms with Gasteiger partial charge >= 0.3 is 6.03 Å². The molecule has 0 saturated heterocycles. The van der Waals surface area contributed by atoms with Crippen LogP contribution in [0.1, 0.15) is 31.7 Å². The van der Waals surface area contributed by atoms with Gasteiger partial charge in [0.2, 0.25) is 11.8 Å². The van der Waals surface area contributed by atoms with E-state index in [-0.39, 0.29) is 24.2 Å². The lowest BCUT2D eigenvalue weighted by molar-refractivity contribution is -0.128. The monoisotopic (exact) mass is 411 g/mol. The fourth-order valence-electron chi connectivity index (χ4n) is 2.44. The lowest BCUT2D eigenvalue weighted by Crippen LogP contribution is -2.45. The van der Waals surface area contributed by atoms with Gasteiger partial charge < -0.3 is 16.0 Å². The highest BCUT2D eigenvalue weighted by atomic mass is 35.5. The highest BCUT2D eigenvalue weighted by Gasteiger charge is 2.19. The maximum atomic E-state index is 12.4. The fraction of sp³-hybridized carbons (Fsp3) is 0.500. The molecule has 1 rings (SSSR count). The number of benzene rings is 1. The number of hydrogen-bond acceptors (Lipinski definition) is 5. The van der Waals surface area contributed by atoms with Gasteiger partial charge in [-0.15, -0.1) is 16.5 Å². The van der Waals surface area contributed by atoms with Crippen LogP contribution in [-0.4, -0.2) is 47.9 Å². The van der Waals surface area contributed by atoms with Gasteiger partial charge in [0.1, 0.15) is 6.04 Å². The van der Waals surface area contributed by atoms with E-state index < -0.39 is 12.1 Å². The van der Waals surface area contributed by atoms with Crippen molar-refractivity contribution in [3.05, 3.63) is 40.8 Å². The third-order valence-corrected chi connectivity index (χ3v) is 4.00. The first-order chi connectivity index (χ1) is 13.5. The van der Waals surface area contributed by atoms with Gasteiger partial charge in [0.05, 0.1) is 11.8 Å². The molecule has 4 amide bonds. The van der Waals surface area contributed by atoms with Crippen LogP contribution >= 0.6 is 11.6 Å². The molecule has 0 spiro atoms. The molecular weight excluding hydrogens is 386 g/mol. The third-order valence-electron chi connectivity index (χ3n) is 3.83. The predicted molar refractivity (Wildman–Crippen MR) is 106 cm³/mol. The van der Waals surface area contributed by atoms with E-state index in [0.29, 0.717) is 37.4 Å². The van der Waals surface area contributed by atoms with E-state index in [4.69, 9.17) is 11.6 Å². The molecule has 0 aliphatic carbocycles. The summed E-state index contributed by atoms with van der Waals surface area (Å²) < 4.78 is 0. The Kier molecular flexibility index (Phi) is 11.2. The average Bonchev–Trinajstić information content (AvgIpc) is 2.69. The standard InChI is InChI=1S/C18H26ClN5O4/c1-14(25)22-16(17(26)21-13-15-7-3-2-4-8-15)9-5-6-11-20-18(27)24(23-28)12-10-19/h2-4,7-8,16H,5-6,9-13H2,1H3,(H,20,27)(H,21,26)(H,22,25)/t16-/m1/s1. The highest BCUT2D eigenvalue weighted by Crippen LogP contribution is 2.03. The van der Waals surface area contributed by atoms with E-state index >= 15 is 0 Å². The molecule has 0 aromatic heterocycles. The minimum atomic E-state index is -0.652. The number of halogens is 1. The number of urea groups is 1. The van der Waals surface area contributed by atoms with Crippen LogP contribution in [0.15, 0.2) is 35.6 Å². The van der Waals surface area contributed by atoms with Gasteiger partial charge in [0, 0.05) is 25.9 Å². The van der Waals surface area contributed by atoms with Gasteiger partial charge in [-0.1, -0.05) is 30.3 Å². The van der Waals surface area contributed by atoms with Crippen LogP contribution in [0.3, 0.4) is 0 Å². The van der Waals surface area contributed by atoms with Crippen molar-refractivity contribution in [3.8, 4) is 0 Å². The van der Waals surface area contributed by atoms with Crippen LogP contribution in [0.5, 0.6) is 0 Å². The molecule has 0 aliphatic rings. The van der Waals surface area contributed by atoms with Gasteiger partial charge in [-0.3, -0.25) is 9.59 Å². The molecule has 0 bridgehead atoms. The Bertz CT molecular complexity index is 644. The molecule has 154 valence electrons. The number of alkyl halides is 1. The SMILES string of the molecule is CC(=O)N[C@H](CCCCNC(=O)N(CCCl)N=O)C(=O)NCc1ccccc1. The molecule has 0 aliphatic heterocycles. The fourth-order valence-corrected chi connectivity index (χ4v) is 2.60. The van der Waals surface area contributed by atoms with E-state index in [2.05, 4.69) is 21.2 Å². The van der Waals surface area contributed by atoms with E-state index in [9.17, 15) is 19.3 Å². The van der Waals surface area contributed by atoms with E-state index in [1.165, 1.54) is 6.92 Å². The van der Waals surface area contributed by atoms with Crippen molar-refractivity contribution in [1.29, 1.82) is 0 Å². The van der Waals surface area contributed by atoms with Crippen molar-refractivity contribution in [2.75, 3.05) is 19.0 Å². The summed E-state index contributed by atoms with van der Waals surface area (Å²) in [6, 6.07) is 8.20. The third kappa shape index (κ3) is 9.31. The molecular formula is C18H26ClN5O4. The molecule has 0 fully saturated rings. The van der Waals surface area contributed by atoms with E-state index in [0.717, 1.165) is 5.56 Å². The van der Waals surface area contributed by atoms with Crippen molar-refractivity contribution in [2.45, 2.75) is 38.8 Å². The molecule has 1 aromatic rings. The molecule has 28 heavy (non-hydrogen) atoms. The van der Waals surface area contributed by atoms with Crippen molar-refractivity contribution in [1.82, 2.24) is 21.0 Å². The maximum Gasteiger partial charge on any atom is 0.340 e. The van der Waals surface area contributed by atoms with Crippen LogP contribution in [-0.2, 0) is 16.1 Å². The molecule has 0 saturated carbocycles. The van der Waals surface area contributed by atoms with Crippen LogP contribution in [0.2, 0.25) is 0 Å². The molecule has 10 heteroatoms. The molecule has 0 radical (unpaired) electrons.